The highest BCUT2D eigenvalue weighted by molar-refractivity contribution is 7.99. The number of rotatable bonds is 8. The summed E-state index contributed by atoms with van der Waals surface area (Å²) in [5.74, 6) is -2.70. The van der Waals surface area contributed by atoms with Crippen LogP contribution in [0.3, 0.4) is 0 Å². The largest absolute Gasteiger partial charge is 0.463 e. The zero-order chi connectivity index (χ0) is 28.3. The minimum atomic E-state index is -1.13. The van der Waals surface area contributed by atoms with E-state index in [1.54, 1.807) is 17.8 Å². The number of nitrogens with zero attached hydrogens (tertiary/aromatic N) is 4. The third-order valence-electron chi connectivity index (χ3n) is 5.35. The van der Waals surface area contributed by atoms with Gasteiger partial charge < -0.3 is 18.9 Å². The molecule has 1 aliphatic rings. The molecule has 0 N–H and O–H groups in total. The lowest BCUT2D eigenvalue weighted by Gasteiger charge is -2.44. The van der Waals surface area contributed by atoms with Gasteiger partial charge in [-0.2, -0.15) is 0 Å². The van der Waals surface area contributed by atoms with Crippen LogP contribution in [-0.2, 0) is 33.3 Å². The van der Waals surface area contributed by atoms with Crippen molar-refractivity contribution in [1.82, 2.24) is 20.0 Å². The molecule has 0 aliphatic carbocycles. The second-order valence-corrected chi connectivity index (χ2v) is 11.1. The number of ether oxygens (including phenoxy) is 4. The van der Waals surface area contributed by atoms with Gasteiger partial charge in [0, 0.05) is 37.2 Å². The molecule has 0 radical (unpaired) electrons. The van der Waals surface area contributed by atoms with E-state index in [4.69, 9.17) is 42.1 Å². The quantitative estimate of drug-likeness (QED) is 0.203. The summed E-state index contributed by atoms with van der Waals surface area (Å²) in [6.45, 7) is 3.33. The molecule has 0 saturated carbocycles. The fraction of sp³-hybridized carbons (Fsp3) is 0.391. The Balaban J connectivity index is 1.80. The van der Waals surface area contributed by atoms with E-state index in [0.717, 1.165) is 11.8 Å². The fourth-order valence-corrected chi connectivity index (χ4v) is 6.28. The van der Waals surface area contributed by atoms with Crippen molar-refractivity contribution in [3.05, 3.63) is 45.8 Å². The van der Waals surface area contributed by atoms with Crippen molar-refractivity contribution in [2.75, 3.05) is 6.61 Å². The summed E-state index contributed by atoms with van der Waals surface area (Å²) in [6, 6.07) is 1.69. The van der Waals surface area contributed by atoms with Crippen molar-refractivity contribution in [2.45, 2.75) is 55.5 Å². The van der Waals surface area contributed by atoms with Crippen molar-refractivity contribution in [3.8, 4) is 10.7 Å². The second-order valence-electron chi connectivity index (χ2n) is 8.22. The molecule has 11 nitrogen and oxygen atoms in total. The lowest BCUT2D eigenvalue weighted by molar-refractivity contribution is -0.212. The number of hydrogen-bond acceptors (Lipinski definition) is 12. The summed E-state index contributed by atoms with van der Waals surface area (Å²) in [5, 5.41) is 10.3. The lowest BCUT2D eigenvalue weighted by atomic mass is 9.96. The Bertz CT molecular complexity index is 1340. The monoisotopic (exact) mass is 618 g/mol. The van der Waals surface area contributed by atoms with Crippen LogP contribution in [0.15, 0.2) is 34.8 Å². The molecule has 16 heteroatoms. The van der Waals surface area contributed by atoms with Crippen LogP contribution in [0.2, 0.25) is 10.0 Å². The molecule has 1 aromatic carbocycles. The maximum Gasteiger partial charge on any atom is 0.303 e. The molecular weight excluding hydrogens is 598 g/mol. The molecule has 5 unspecified atom stereocenters. The standard InChI is InChI=1S/C23H21Cl2FN4O7S2/c1-10(31)34-9-17-20(35-11(2)32)19(30-8-16(28-29-30)22-27-4-5-38-22)21(36-12(3)33)23(37-17)39-13-6-14(24)18(26)15(25)7-13/h4-8,17,19-21,23H,9H2,1-3H3. The normalized spacial score (nSPS) is 22.8. The van der Waals surface area contributed by atoms with E-state index in [0.29, 0.717) is 15.6 Å². The molecule has 208 valence electrons. The highest BCUT2D eigenvalue weighted by Gasteiger charge is 2.52. The molecule has 0 bridgehead atoms. The Labute approximate surface area is 239 Å². The van der Waals surface area contributed by atoms with Crippen LogP contribution in [0.25, 0.3) is 10.7 Å². The highest BCUT2D eigenvalue weighted by Crippen LogP contribution is 2.42. The van der Waals surface area contributed by atoms with Crippen LogP contribution in [0, 0.1) is 5.82 Å². The number of aromatic nitrogens is 4. The molecule has 0 spiro atoms. The smallest absolute Gasteiger partial charge is 0.303 e. The predicted octanol–water partition coefficient (Wildman–Crippen LogP) is 4.33. The predicted molar refractivity (Wildman–Crippen MR) is 139 cm³/mol. The van der Waals surface area contributed by atoms with Gasteiger partial charge in [-0.1, -0.05) is 40.2 Å². The fourth-order valence-electron chi connectivity index (χ4n) is 3.88. The third kappa shape index (κ3) is 7.06. The molecule has 5 atom stereocenters. The Hall–Kier alpha value is -2.78. The minimum Gasteiger partial charge on any atom is -0.463 e. The Morgan fingerprint density at radius 2 is 1.77 bits per heavy atom. The lowest BCUT2D eigenvalue weighted by Crippen LogP contribution is -2.57. The van der Waals surface area contributed by atoms with E-state index in [2.05, 4.69) is 15.3 Å². The van der Waals surface area contributed by atoms with E-state index in [1.165, 1.54) is 48.9 Å². The molecule has 4 rings (SSSR count). The first-order valence-corrected chi connectivity index (χ1v) is 13.8. The summed E-state index contributed by atoms with van der Waals surface area (Å²) in [5.41, 5.74) is -0.575. The number of carbonyl (C=O) groups excluding carboxylic acids is 3. The van der Waals surface area contributed by atoms with Crippen molar-refractivity contribution >= 4 is 64.2 Å². The van der Waals surface area contributed by atoms with Crippen LogP contribution in [-0.4, -0.2) is 68.2 Å². The second kappa shape index (κ2) is 12.6. The summed E-state index contributed by atoms with van der Waals surface area (Å²) >= 11 is 14.3. The van der Waals surface area contributed by atoms with Gasteiger partial charge in [-0.25, -0.2) is 14.1 Å². The average molecular weight is 619 g/mol. The van der Waals surface area contributed by atoms with Gasteiger partial charge in [0.05, 0.1) is 16.2 Å². The zero-order valence-corrected chi connectivity index (χ0v) is 23.7. The highest BCUT2D eigenvalue weighted by atomic mass is 35.5. The van der Waals surface area contributed by atoms with Crippen LogP contribution < -0.4 is 0 Å². The molecule has 39 heavy (non-hydrogen) atoms. The number of thiazole rings is 1. The van der Waals surface area contributed by atoms with Crippen molar-refractivity contribution in [1.29, 1.82) is 0 Å². The first-order chi connectivity index (χ1) is 18.5. The first kappa shape index (κ1) is 29.2. The van der Waals surface area contributed by atoms with Gasteiger partial charge in [0.25, 0.3) is 0 Å². The van der Waals surface area contributed by atoms with E-state index < -0.39 is 53.5 Å². The van der Waals surface area contributed by atoms with Crippen LogP contribution in [0.1, 0.15) is 26.8 Å². The number of hydrogen-bond donors (Lipinski definition) is 0. The van der Waals surface area contributed by atoms with Crippen molar-refractivity contribution in [2.24, 2.45) is 0 Å². The number of halogens is 3. The van der Waals surface area contributed by atoms with E-state index >= 15 is 0 Å². The Morgan fingerprint density at radius 3 is 2.36 bits per heavy atom. The number of carbonyl (C=O) groups is 3. The van der Waals surface area contributed by atoms with Crippen LogP contribution in [0.5, 0.6) is 0 Å². The van der Waals surface area contributed by atoms with Gasteiger partial charge in [-0.15, -0.1) is 16.4 Å². The molecule has 1 fully saturated rings. The molecule has 2 aromatic heterocycles. The number of benzene rings is 1. The SMILES string of the molecule is CC(=O)OCC1OC(Sc2cc(Cl)c(F)c(Cl)c2)C(OC(C)=O)C(n2cc(-c3nccs3)nn2)C1OC(C)=O. The summed E-state index contributed by atoms with van der Waals surface area (Å²) in [7, 11) is 0. The number of thioether (sulfide) groups is 1. The van der Waals surface area contributed by atoms with Gasteiger partial charge in [0.2, 0.25) is 0 Å². The van der Waals surface area contributed by atoms with Gasteiger partial charge in [-0.05, 0) is 12.1 Å². The topological polar surface area (TPSA) is 132 Å². The van der Waals surface area contributed by atoms with E-state index in [9.17, 15) is 18.8 Å². The van der Waals surface area contributed by atoms with Crippen LogP contribution in [0.4, 0.5) is 4.39 Å². The van der Waals surface area contributed by atoms with E-state index in [-0.39, 0.29) is 16.7 Å². The molecule has 1 aliphatic heterocycles. The molecule has 3 heterocycles. The molecular formula is C23H21Cl2FN4O7S2. The average Bonchev–Trinajstić information content (AvgIpc) is 3.55. The Morgan fingerprint density at radius 1 is 1.10 bits per heavy atom. The van der Waals surface area contributed by atoms with Crippen molar-refractivity contribution in [3.63, 3.8) is 0 Å². The summed E-state index contributed by atoms with van der Waals surface area (Å²) in [4.78, 5) is 40.7. The zero-order valence-electron chi connectivity index (χ0n) is 20.6. The molecule has 3 aromatic rings. The third-order valence-corrected chi connectivity index (χ3v) is 7.81. The first-order valence-electron chi connectivity index (χ1n) is 11.3. The van der Waals surface area contributed by atoms with Gasteiger partial charge in [-0.3, -0.25) is 14.4 Å². The van der Waals surface area contributed by atoms with E-state index in [1.807, 2.05) is 0 Å². The molecule has 0 amide bonds. The van der Waals surface area contributed by atoms with Gasteiger partial charge in [0.1, 0.15) is 34.9 Å². The minimum absolute atomic E-state index is 0.222. The van der Waals surface area contributed by atoms with Gasteiger partial charge >= 0.3 is 17.9 Å². The molecule has 1 saturated heterocycles. The van der Waals surface area contributed by atoms with Gasteiger partial charge in [0.15, 0.2) is 18.0 Å². The maximum atomic E-state index is 14.1. The summed E-state index contributed by atoms with van der Waals surface area (Å²) < 4.78 is 38.1. The number of esters is 3. The maximum absolute atomic E-state index is 14.1. The van der Waals surface area contributed by atoms with Crippen LogP contribution >= 0.6 is 46.3 Å². The summed E-state index contributed by atoms with van der Waals surface area (Å²) in [6.07, 6.45) is -0.102. The Kier molecular flexibility index (Phi) is 9.43. The van der Waals surface area contributed by atoms with Crippen molar-refractivity contribution < 1.29 is 37.7 Å².